The lowest BCUT2D eigenvalue weighted by Gasteiger charge is -2.22. The molecule has 0 fully saturated rings. The van der Waals surface area contributed by atoms with Gasteiger partial charge < -0.3 is 28.8 Å². The monoisotopic (exact) mass is 389 g/mol. The summed E-state index contributed by atoms with van der Waals surface area (Å²) in [6.07, 6.45) is -0.601. The third-order valence-corrected chi connectivity index (χ3v) is 4.46. The highest BCUT2D eigenvalue weighted by Crippen LogP contribution is 2.33. The van der Waals surface area contributed by atoms with Crippen molar-refractivity contribution in [3.63, 3.8) is 0 Å². The van der Waals surface area contributed by atoms with Gasteiger partial charge in [0, 0.05) is 18.7 Å². The third kappa shape index (κ3) is 5.07. The van der Waals surface area contributed by atoms with Crippen LogP contribution < -0.4 is 18.9 Å². The van der Waals surface area contributed by atoms with Crippen LogP contribution in [-0.2, 0) is 17.9 Å². The normalized spacial score (nSPS) is 13.6. The molecule has 0 aromatic heterocycles. The lowest BCUT2D eigenvalue weighted by Crippen LogP contribution is -2.32. The number of likely N-dealkylation sites (N-methyl/N-ethyl adjacent to an activating group) is 1. The van der Waals surface area contributed by atoms with Gasteiger partial charge >= 0.3 is 0 Å². The van der Waals surface area contributed by atoms with Crippen LogP contribution in [0.2, 0.25) is 0 Å². The number of methoxy groups -OCH3 is 2. The van der Waals surface area contributed by atoms with Crippen LogP contribution in [-0.4, -0.2) is 57.3 Å². The molecule has 1 aliphatic rings. The van der Waals surface area contributed by atoms with Gasteiger partial charge in [0.1, 0.15) is 0 Å². The first-order chi connectivity index (χ1) is 13.6. The number of nitrogens with zero attached hydrogens (tertiary/aromatic N) is 1. The molecule has 0 saturated heterocycles. The van der Waals surface area contributed by atoms with Crippen molar-refractivity contribution in [2.24, 2.45) is 0 Å². The zero-order valence-corrected chi connectivity index (χ0v) is 16.5. The van der Waals surface area contributed by atoms with Crippen molar-refractivity contribution in [2.75, 3.05) is 41.2 Å². The first-order valence-corrected chi connectivity index (χ1v) is 9.13. The largest absolute Gasteiger partial charge is 0.493 e. The van der Waals surface area contributed by atoms with Gasteiger partial charge in [0.2, 0.25) is 6.79 Å². The predicted molar refractivity (Wildman–Crippen MR) is 104 cm³/mol. The molecule has 2 aromatic carbocycles. The molecule has 0 radical (unpaired) electrons. The van der Waals surface area contributed by atoms with Crippen LogP contribution in [0.25, 0.3) is 0 Å². The van der Waals surface area contributed by atoms with E-state index in [1.54, 1.807) is 14.2 Å². The lowest BCUT2D eigenvalue weighted by atomic mass is 10.1. The molecule has 152 valence electrons. The summed E-state index contributed by atoms with van der Waals surface area (Å²) in [5.74, 6) is 2.89. The molecule has 2 aromatic rings. The van der Waals surface area contributed by atoms with E-state index >= 15 is 0 Å². The van der Waals surface area contributed by atoms with Crippen LogP contribution in [0.15, 0.2) is 36.4 Å². The van der Waals surface area contributed by atoms with E-state index < -0.39 is 6.10 Å². The third-order valence-electron chi connectivity index (χ3n) is 4.46. The molecular weight excluding hydrogens is 362 g/mol. The van der Waals surface area contributed by atoms with Crippen molar-refractivity contribution in [3.8, 4) is 23.0 Å². The molecule has 3 rings (SSSR count). The van der Waals surface area contributed by atoms with Gasteiger partial charge in [-0.3, -0.25) is 4.90 Å². The minimum atomic E-state index is -0.601. The second-order valence-corrected chi connectivity index (χ2v) is 6.71. The zero-order valence-electron chi connectivity index (χ0n) is 16.5. The Hall–Kier alpha value is -2.48. The Bertz CT molecular complexity index is 781. The van der Waals surface area contributed by atoms with Gasteiger partial charge in [-0.15, -0.1) is 0 Å². The number of para-hydroxylation sites is 1. The van der Waals surface area contributed by atoms with Gasteiger partial charge in [-0.2, -0.15) is 0 Å². The molecule has 1 N–H and O–H groups in total. The van der Waals surface area contributed by atoms with Crippen molar-refractivity contribution >= 4 is 0 Å². The Balaban J connectivity index is 1.45. The maximum absolute atomic E-state index is 10.3. The highest BCUT2D eigenvalue weighted by atomic mass is 16.7. The summed E-state index contributed by atoms with van der Waals surface area (Å²) in [7, 11) is 5.19. The Morgan fingerprint density at radius 2 is 1.93 bits per heavy atom. The minimum absolute atomic E-state index is 0.244. The second-order valence-electron chi connectivity index (χ2n) is 6.71. The first kappa shape index (κ1) is 20.3. The summed E-state index contributed by atoms with van der Waals surface area (Å²) in [5.41, 5.74) is 1.98. The molecule has 1 heterocycles. The van der Waals surface area contributed by atoms with E-state index in [4.69, 9.17) is 23.7 Å². The van der Waals surface area contributed by atoms with E-state index in [1.165, 1.54) is 0 Å². The molecule has 7 nitrogen and oxygen atoms in total. The van der Waals surface area contributed by atoms with Crippen molar-refractivity contribution in [1.29, 1.82) is 0 Å². The molecular formula is C21H27NO6. The number of aliphatic hydroxyl groups excluding tert-OH is 1. The standard InChI is InChI=1S/C21H27NO6/c1-22(10-16-5-4-6-19(24-2)21(16)25-3)11-17(23)13-26-12-15-7-8-18-20(9-15)28-14-27-18/h4-9,17,23H,10-14H2,1-3H3/t17-/m0/s1. The number of fused-ring (bicyclic) bond motifs is 1. The number of hydrogen-bond acceptors (Lipinski definition) is 7. The maximum Gasteiger partial charge on any atom is 0.231 e. The minimum Gasteiger partial charge on any atom is -0.493 e. The lowest BCUT2D eigenvalue weighted by molar-refractivity contribution is 0.0126. The summed E-state index contributed by atoms with van der Waals surface area (Å²) in [4.78, 5) is 2.02. The molecule has 7 heteroatoms. The van der Waals surface area contributed by atoms with Crippen LogP contribution in [0.4, 0.5) is 0 Å². The summed E-state index contributed by atoms with van der Waals surface area (Å²) in [6.45, 7) is 2.00. The van der Waals surface area contributed by atoms with Gasteiger partial charge in [0.05, 0.1) is 33.5 Å². The van der Waals surface area contributed by atoms with Crippen molar-refractivity contribution in [2.45, 2.75) is 19.3 Å². The quantitative estimate of drug-likeness (QED) is 0.669. The van der Waals surface area contributed by atoms with Gasteiger partial charge in [0.25, 0.3) is 0 Å². The predicted octanol–water partition coefficient (Wildman–Crippen LogP) is 2.44. The summed E-state index contributed by atoms with van der Waals surface area (Å²) < 4.78 is 27.1. The van der Waals surface area contributed by atoms with E-state index in [0.717, 1.165) is 22.6 Å². The molecule has 0 aliphatic carbocycles. The Kier molecular flexibility index (Phi) is 6.97. The second kappa shape index (κ2) is 9.64. The fourth-order valence-electron chi connectivity index (χ4n) is 3.19. The van der Waals surface area contributed by atoms with Crippen LogP contribution >= 0.6 is 0 Å². The fraction of sp³-hybridized carbons (Fsp3) is 0.429. The molecule has 1 aliphatic heterocycles. The Labute approximate surface area is 165 Å². The average molecular weight is 389 g/mol. The zero-order chi connectivity index (χ0) is 19.9. The van der Waals surface area contributed by atoms with Gasteiger partial charge in [0.15, 0.2) is 23.0 Å². The number of rotatable bonds is 10. The van der Waals surface area contributed by atoms with E-state index in [-0.39, 0.29) is 13.4 Å². The van der Waals surface area contributed by atoms with Gasteiger partial charge in [-0.05, 0) is 30.8 Å². The molecule has 0 saturated carbocycles. The topological polar surface area (TPSA) is 69.6 Å². The van der Waals surface area contributed by atoms with Crippen molar-refractivity contribution in [1.82, 2.24) is 4.90 Å². The molecule has 0 bridgehead atoms. The highest BCUT2D eigenvalue weighted by molar-refractivity contribution is 5.46. The Morgan fingerprint density at radius 1 is 1.11 bits per heavy atom. The van der Waals surface area contributed by atoms with E-state index in [0.29, 0.717) is 31.2 Å². The maximum atomic E-state index is 10.3. The van der Waals surface area contributed by atoms with Gasteiger partial charge in [-0.25, -0.2) is 0 Å². The molecule has 0 spiro atoms. The van der Waals surface area contributed by atoms with Crippen molar-refractivity contribution < 1.29 is 28.8 Å². The number of hydrogen-bond donors (Lipinski definition) is 1. The SMILES string of the molecule is COc1cccc(CN(C)C[C@H](O)COCc2ccc3c(c2)OCO3)c1OC. The smallest absolute Gasteiger partial charge is 0.231 e. The number of aliphatic hydroxyl groups is 1. The van der Waals surface area contributed by atoms with E-state index in [2.05, 4.69) is 0 Å². The van der Waals surface area contributed by atoms with Gasteiger partial charge in [-0.1, -0.05) is 18.2 Å². The van der Waals surface area contributed by atoms with Crippen LogP contribution in [0.5, 0.6) is 23.0 Å². The highest BCUT2D eigenvalue weighted by Gasteiger charge is 2.15. The summed E-state index contributed by atoms with van der Waals surface area (Å²) in [6, 6.07) is 11.5. The first-order valence-electron chi connectivity index (χ1n) is 9.13. The van der Waals surface area contributed by atoms with Crippen LogP contribution in [0, 0.1) is 0 Å². The average Bonchev–Trinajstić information content (AvgIpc) is 3.15. The Morgan fingerprint density at radius 3 is 2.71 bits per heavy atom. The molecule has 28 heavy (non-hydrogen) atoms. The number of ether oxygens (including phenoxy) is 5. The van der Waals surface area contributed by atoms with E-state index in [1.807, 2.05) is 48.3 Å². The summed E-state index contributed by atoms with van der Waals surface area (Å²) in [5, 5.41) is 10.3. The molecule has 0 amide bonds. The van der Waals surface area contributed by atoms with Crippen molar-refractivity contribution in [3.05, 3.63) is 47.5 Å². The van der Waals surface area contributed by atoms with Crippen LogP contribution in [0.1, 0.15) is 11.1 Å². The number of benzene rings is 2. The molecule has 1 atom stereocenters. The van der Waals surface area contributed by atoms with Crippen LogP contribution in [0.3, 0.4) is 0 Å². The summed E-state index contributed by atoms with van der Waals surface area (Å²) >= 11 is 0. The van der Waals surface area contributed by atoms with E-state index in [9.17, 15) is 5.11 Å². The molecule has 0 unspecified atom stereocenters. The fourth-order valence-corrected chi connectivity index (χ4v) is 3.19.